The van der Waals surface area contributed by atoms with Crippen LogP contribution in [0.2, 0.25) is 0 Å². The van der Waals surface area contributed by atoms with E-state index in [1.807, 2.05) is 6.92 Å². The molecule has 1 aliphatic rings. The van der Waals surface area contributed by atoms with Gasteiger partial charge in [0.05, 0.1) is 6.61 Å². The topological polar surface area (TPSA) is 87.7 Å². The number of hydrogen-bond acceptors (Lipinski definition) is 3. The highest BCUT2D eigenvalue weighted by Crippen LogP contribution is 2.32. The lowest BCUT2D eigenvalue weighted by atomic mass is 9.76. The Morgan fingerprint density at radius 1 is 1.43 bits per heavy atom. The van der Waals surface area contributed by atoms with Crippen LogP contribution in [0.1, 0.15) is 46.5 Å². The number of rotatable bonds is 7. The minimum atomic E-state index is -1.12. The van der Waals surface area contributed by atoms with Gasteiger partial charge in [0.15, 0.2) is 0 Å². The number of carboxylic acid groups (broad SMARTS) is 1. The average molecular weight is 300 g/mol. The van der Waals surface area contributed by atoms with Gasteiger partial charge in [0.1, 0.15) is 5.54 Å². The first-order chi connectivity index (χ1) is 9.85. The Kier molecular flexibility index (Phi) is 6.95. The van der Waals surface area contributed by atoms with Crippen molar-refractivity contribution in [3.8, 4) is 0 Å². The molecule has 6 heteroatoms. The Hall–Kier alpha value is -1.30. The van der Waals surface area contributed by atoms with Crippen LogP contribution in [0.15, 0.2) is 0 Å². The number of amides is 2. The molecule has 0 bridgehead atoms. The summed E-state index contributed by atoms with van der Waals surface area (Å²) in [6, 6.07) is -0.431. The van der Waals surface area contributed by atoms with E-state index in [9.17, 15) is 14.7 Å². The highest BCUT2D eigenvalue weighted by Gasteiger charge is 2.43. The van der Waals surface area contributed by atoms with Gasteiger partial charge in [-0.25, -0.2) is 9.59 Å². The SMILES string of the molecule is CC(C)COCCNC(=O)NC1(C(=O)O)CCCC(C)C1. The molecule has 1 aliphatic carbocycles. The van der Waals surface area contributed by atoms with Gasteiger partial charge < -0.3 is 20.5 Å². The van der Waals surface area contributed by atoms with Gasteiger partial charge in [-0.15, -0.1) is 0 Å². The van der Waals surface area contributed by atoms with Crippen molar-refractivity contribution in [2.24, 2.45) is 11.8 Å². The Labute approximate surface area is 126 Å². The first-order valence-corrected chi connectivity index (χ1v) is 7.73. The summed E-state index contributed by atoms with van der Waals surface area (Å²) in [7, 11) is 0. The summed E-state index contributed by atoms with van der Waals surface area (Å²) in [4.78, 5) is 23.4. The molecule has 0 aromatic heterocycles. The highest BCUT2D eigenvalue weighted by atomic mass is 16.5. The molecule has 1 rings (SSSR count). The Morgan fingerprint density at radius 3 is 2.71 bits per heavy atom. The molecule has 21 heavy (non-hydrogen) atoms. The predicted molar refractivity (Wildman–Crippen MR) is 80.2 cm³/mol. The number of nitrogens with one attached hydrogen (secondary N) is 2. The summed E-state index contributed by atoms with van der Waals surface area (Å²) in [5, 5.41) is 14.8. The third kappa shape index (κ3) is 5.91. The summed E-state index contributed by atoms with van der Waals surface area (Å²) in [5.74, 6) is -0.178. The van der Waals surface area contributed by atoms with Crippen LogP contribution in [-0.4, -0.2) is 42.4 Å². The summed E-state index contributed by atoms with van der Waals surface area (Å²) in [5.41, 5.74) is -1.12. The molecule has 0 aromatic carbocycles. The molecule has 0 heterocycles. The number of urea groups is 1. The van der Waals surface area contributed by atoms with Crippen molar-refractivity contribution in [1.29, 1.82) is 0 Å². The van der Waals surface area contributed by atoms with Crippen LogP contribution in [0.25, 0.3) is 0 Å². The number of carboxylic acids is 1. The van der Waals surface area contributed by atoms with Gasteiger partial charge in [0, 0.05) is 13.2 Å². The Bertz CT molecular complexity index is 360. The molecule has 0 aromatic rings. The van der Waals surface area contributed by atoms with Gasteiger partial charge in [0.25, 0.3) is 0 Å². The number of carbonyl (C=O) groups is 2. The molecule has 1 saturated carbocycles. The largest absolute Gasteiger partial charge is 0.480 e. The van der Waals surface area contributed by atoms with Crippen LogP contribution in [0, 0.1) is 11.8 Å². The van der Waals surface area contributed by atoms with Crippen LogP contribution in [0.5, 0.6) is 0 Å². The second kappa shape index (κ2) is 8.22. The van der Waals surface area contributed by atoms with E-state index in [4.69, 9.17) is 4.74 Å². The van der Waals surface area contributed by atoms with Crippen LogP contribution in [0.4, 0.5) is 4.79 Å². The Balaban J connectivity index is 2.38. The van der Waals surface area contributed by atoms with Crippen LogP contribution in [-0.2, 0) is 9.53 Å². The van der Waals surface area contributed by atoms with Crippen molar-refractivity contribution in [3.05, 3.63) is 0 Å². The molecule has 6 nitrogen and oxygen atoms in total. The fourth-order valence-electron chi connectivity index (χ4n) is 2.73. The lowest BCUT2D eigenvalue weighted by Gasteiger charge is -2.37. The zero-order valence-corrected chi connectivity index (χ0v) is 13.3. The quantitative estimate of drug-likeness (QED) is 0.627. The minimum Gasteiger partial charge on any atom is -0.480 e. The van der Waals surface area contributed by atoms with Gasteiger partial charge in [-0.1, -0.05) is 33.6 Å². The molecule has 3 N–H and O–H groups in total. The normalized spacial score (nSPS) is 25.6. The van der Waals surface area contributed by atoms with E-state index >= 15 is 0 Å². The first-order valence-electron chi connectivity index (χ1n) is 7.73. The van der Waals surface area contributed by atoms with E-state index in [-0.39, 0.29) is 0 Å². The first kappa shape index (κ1) is 17.8. The summed E-state index contributed by atoms with van der Waals surface area (Å²) in [6.45, 7) is 7.60. The predicted octanol–water partition coefficient (Wildman–Crippen LogP) is 1.99. The van der Waals surface area contributed by atoms with Crippen molar-refractivity contribution >= 4 is 12.0 Å². The fraction of sp³-hybridized carbons (Fsp3) is 0.867. The number of ether oxygens (including phenoxy) is 1. The van der Waals surface area contributed by atoms with Crippen molar-refractivity contribution in [2.75, 3.05) is 19.8 Å². The van der Waals surface area contributed by atoms with Crippen LogP contribution >= 0.6 is 0 Å². The molecule has 0 aliphatic heterocycles. The fourth-order valence-corrected chi connectivity index (χ4v) is 2.73. The molecule has 122 valence electrons. The van der Waals surface area contributed by atoms with Gasteiger partial charge in [-0.05, 0) is 24.7 Å². The average Bonchev–Trinajstić information content (AvgIpc) is 2.37. The molecule has 0 spiro atoms. The van der Waals surface area contributed by atoms with E-state index in [0.717, 1.165) is 12.8 Å². The molecular formula is C15H28N2O4. The maximum absolute atomic E-state index is 11.9. The van der Waals surface area contributed by atoms with Gasteiger partial charge in [-0.2, -0.15) is 0 Å². The Morgan fingerprint density at radius 2 is 2.14 bits per heavy atom. The zero-order chi connectivity index (χ0) is 15.9. The van der Waals surface area contributed by atoms with Crippen molar-refractivity contribution in [2.45, 2.75) is 52.0 Å². The third-order valence-corrected chi connectivity index (χ3v) is 3.74. The van der Waals surface area contributed by atoms with E-state index in [0.29, 0.717) is 44.4 Å². The summed E-state index contributed by atoms with van der Waals surface area (Å²) in [6.07, 6.45) is 2.82. The molecule has 2 amide bonds. The van der Waals surface area contributed by atoms with Crippen LogP contribution in [0.3, 0.4) is 0 Å². The number of carbonyl (C=O) groups excluding carboxylic acids is 1. The monoisotopic (exact) mass is 300 g/mol. The second-order valence-electron chi connectivity index (χ2n) is 6.44. The molecular weight excluding hydrogens is 272 g/mol. The number of aliphatic carboxylic acids is 1. The molecule has 2 unspecified atom stereocenters. The minimum absolute atomic E-state index is 0.310. The smallest absolute Gasteiger partial charge is 0.329 e. The van der Waals surface area contributed by atoms with Crippen LogP contribution < -0.4 is 10.6 Å². The van der Waals surface area contributed by atoms with Gasteiger partial charge in [0.2, 0.25) is 0 Å². The number of hydrogen-bond donors (Lipinski definition) is 3. The lowest BCUT2D eigenvalue weighted by Crippen LogP contribution is -2.59. The van der Waals surface area contributed by atoms with Crippen molar-refractivity contribution in [3.63, 3.8) is 0 Å². The zero-order valence-electron chi connectivity index (χ0n) is 13.3. The maximum Gasteiger partial charge on any atom is 0.329 e. The summed E-state index contributed by atoms with van der Waals surface area (Å²) < 4.78 is 5.37. The molecule has 1 fully saturated rings. The standard InChI is InChI=1S/C15H28N2O4/c1-11(2)10-21-8-7-16-14(20)17-15(13(18)19)6-4-5-12(3)9-15/h11-12H,4-10H2,1-3H3,(H,18,19)(H2,16,17,20). The lowest BCUT2D eigenvalue weighted by molar-refractivity contribution is -0.146. The maximum atomic E-state index is 11.9. The highest BCUT2D eigenvalue weighted by molar-refractivity contribution is 5.86. The third-order valence-electron chi connectivity index (χ3n) is 3.74. The summed E-state index contributed by atoms with van der Waals surface area (Å²) >= 11 is 0. The van der Waals surface area contributed by atoms with E-state index in [1.54, 1.807) is 0 Å². The molecule has 2 atom stereocenters. The molecule has 0 radical (unpaired) electrons. The molecule has 0 saturated heterocycles. The van der Waals surface area contributed by atoms with E-state index in [1.165, 1.54) is 0 Å². The van der Waals surface area contributed by atoms with E-state index in [2.05, 4.69) is 24.5 Å². The van der Waals surface area contributed by atoms with Crippen molar-refractivity contribution < 1.29 is 19.4 Å². The van der Waals surface area contributed by atoms with Gasteiger partial charge in [-0.3, -0.25) is 0 Å². The second-order valence-corrected chi connectivity index (χ2v) is 6.44. The van der Waals surface area contributed by atoms with Gasteiger partial charge >= 0.3 is 12.0 Å². The van der Waals surface area contributed by atoms with E-state index < -0.39 is 17.5 Å². The van der Waals surface area contributed by atoms with Crippen molar-refractivity contribution in [1.82, 2.24) is 10.6 Å².